The third-order valence-corrected chi connectivity index (χ3v) is 2.38. The molecule has 0 radical (unpaired) electrons. The highest BCUT2D eigenvalue weighted by molar-refractivity contribution is 5.36. The Balaban J connectivity index is 2.02. The molecule has 0 spiro atoms. The second kappa shape index (κ2) is 4.74. The maximum atomic E-state index is 4.23. The Morgan fingerprint density at radius 2 is 2.31 bits per heavy atom. The summed E-state index contributed by atoms with van der Waals surface area (Å²) in [6.45, 7) is 5.63. The van der Waals surface area contributed by atoms with E-state index in [1.807, 2.05) is 23.6 Å². The maximum absolute atomic E-state index is 4.23. The van der Waals surface area contributed by atoms with Gasteiger partial charge in [0.25, 0.3) is 0 Å². The minimum Gasteiger partial charge on any atom is -0.363 e. The van der Waals surface area contributed by atoms with Gasteiger partial charge in [0.15, 0.2) is 5.82 Å². The normalized spacial score (nSPS) is 10.4. The lowest BCUT2D eigenvalue weighted by molar-refractivity contribution is 0.707. The molecular weight excluding hydrogens is 202 g/mol. The molecule has 5 nitrogen and oxygen atoms in total. The molecule has 0 atom stereocenters. The molecule has 0 unspecified atom stereocenters. The van der Waals surface area contributed by atoms with Crippen LogP contribution in [0.15, 0.2) is 24.7 Å². The molecule has 5 heteroatoms. The van der Waals surface area contributed by atoms with Crippen LogP contribution in [0.5, 0.6) is 0 Å². The monoisotopic (exact) mass is 217 g/mol. The summed E-state index contributed by atoms with van der Waals surface area (Å²) in [5, 5.41) is 11.2. The van der Waals surface area contributed by atoms with Gasteiger partial charge in [-0.05, 0) is 31.5 Å². The minimum absolute atomic E-state index is 0.643. The van der Waals surface area contributed by atoms with Crippen LogP contribution in [0.1, 0.15) is 18.3 Å². The second-order valence-corrected chi connectivity index (χ2v) is 3.61. The van der Waals surface area contributed by atoms with Crippen LogP contribution >= 0.6 is 0 Å². The van der Waals surface area contributed by atoms with Gasteiger partial charge in [-0.2, -0.15) is 0 Å². The molecule has 2 heterocycles. The molecule has 0 fully saturated rings. The summed E-state index contributed by atoms with van der Waals surface area (Å²) in [6, 6.07) is 3.98. The van der Waals surface area contributed by atoms with E-state index in [-0.39, 0.29) is 0 Å². The molecule has 0 aliphatic carbocycles. The standard InChI is InChI=1S/C11H15N5/c1-3-16-8-14-15-11(16)7-13-10-6-9(2)4-5-12-10/h4-6,8H,3,7H2,1-2H3,(H,12,13). The third kappa shape index (κ3) is 2.36. The summed E-state index contributed by atoms with van der Waals surface area (Å²) >= 11 is 0. The topological polar surface area (TPSA) is 55.6 Å². The summed E-state index contributed by atoms with van der Waals surface area (Å²) in [6.07, 6.45) is 3.53. The van der Waals surface area contributed by atoms with E-state index in [0.717, 1.165) is 18.2 Å². The first-order chi connectivity index (χ1) is 7.79. The number of aryl methyl sites for hydroxylation is 2. The van der Waals surface area contributed by atoms with Gasteiger partial charge in [-0.25, -0.2) is 4.98 Å². The van der Waals surface area contributed by atoms with E-state index in [1.165, 1.54) is 5.56 Å². The lowest BCUT2D eigenvalue weighted by Crippen LogP contribution is -2.08. The lowest BCUT2D eigenvalue weighted by Gasteiger charge is -2.06. The van der Waals surface area contributed by atoms with Crippen LogP contribution in [-0.4, -0.2) is 19.7 Å². The van der Waals surface area contributed by atoms with E-state index >= 15 is 0 Å². The van der Waals surface area contributed by atoms with E-state index in [1.54, 1.807) is 12.5 Å². The zero-order chi connectivity index (χ0) is 11.4. The highest BCUT2D eigenvalue weighted by Gasteiger charge is 2.02. The Bertz CT molecular complexity index is 463. The number of nitrogens with zero attached hydrogens (tertiary/aromatic N) is 4. The fourth-order valence-electron chi connectivity index (χ4n) is 1.48. The molecule has 1 N–H and O–H groups in total. The van der Waals surface area contributed by atoms with Crippen LogP contribution in [0.2, 0.25) is 0 Å². The molecular formula is C11H15N5. The van der Waals surface area contributed by atoms with Crippen molar-refractivity contribution < 1.29 is 0 Å². The van der Waals surface area contributed by atoms with Gasteiger partial charge in [-0.15, -0.1) is 10.2 Å². The van der Waals surface area contributed by atoms with E-state index in [2.05, 4.69) is 27.4 Å². The van der Waals surface area contributed by atoms with Gasteiger partial charge in [0.05, 0.1) is 6.54 Å². The van der Waals surface area contributed by atoms with Crippen LogP contribution in [0.3, 0.4) is 0 Å². The summed E-state index contributed by atoms with van der Waals surface area (Å²) in [7, 11) is 0. The number of rotatable bonds is 4. The number of anilines is 1. The van der Waals surface area contributed by atoms with Gasteiger partial charge in [0.2, 0.25) is 0 Å². The minimum atomic E-state index is 0.643. The first-order valence-corrected chi connectivity index (χ1v) is 5.33. The highest BCUT2D eigenvalue weighted by atomic mass is 15.3. The lowest BCUT2D eigenvalue weighted by atomic mass is 10.3. The van der Waals surface area contributed by atoms with Crippen LogP contribution in [0.4, 0.5) is 5.82 Å². The Kier molecular flexibility index (Phi) is 3.14. The summed E-state index contributed by atoms with van der Waals surface area (Å²) < 4.78 is 2.00. The fourth-order valence-corrected chi connectivity index (χ4v) is 1.48. The van der Waals surface area contributed by atoms with Gasteiger partial charge in [-0.3, -0.25) is 0 Å². The highest BCUT2D eigenvalue weighted by Crippen LogP contribution is 2.06. The van der Waals surface area contributed by atoms with Gasteiger partial charge in [0.1, 0.15) is 12.1 Å². The van der Waals surface area contributed by atoms with E-state index in [9.17, 15) is 0 Å². The molecule has 0 bridgehead atoms. The van der Waals surface area contributed by atoms with Gasteiger partial charge in [0, 0.05) is 12.7 Å². The second-order valence-electron chi connectivity index (χ2n) is 3.61. The number of nitrogens with one attached hydrogen (secondary N) is 1. The van der Waals surface area contributed by atoms with Crippen molar-refractivity contribution in [2.75, 3.05) is 5.32 Å². The van der Waals surface area contributed by atoms with Crippen molar-refractivity contribution in [3.05, 3.63) is 36.0 Å². The van der Waals surface area contributed by atoms with E-state index < -0.39 is 0 Å². The molecule has 16 heavy (non-hydrogen) atoms. The quantitative estimate of drug-likeness (QED) is 0.845. The first kappa shape index (κ1) is 10.6. The molecule has 2 aromatic rings. The summed E-state index contributed by atoms with van der Waals surface area (Å²) in [5.74, 6) is 1.79. The molecule has 0 saturated carbocycles. The molecule has 0 aliphatic rings. The Morgan fingerprint density at radius 1 is 1.44 bits per heavy atom. The van der Waals surface area contributed by atoms with Crippen molar-refractivity contribution in [2.24, 2.45) is 0 Å². The zero-order valence-electron chi connectivity index (χ0n) is 9.51. The van der Waals surface area contributed by atoms with Crippen molar-refractivity contribution in [3.63, 3.8) is 0 Å². The smallest absolute Gasteiger partial charge is 0.152 e. The average molecular weight is 217 g/mol. The zero-order valence-corrected chi connectivity index (χ0v) is 9.51. The fraction of sp³-hybridized carbons (Fsp3) is 0.364. The number of hydrogen-bond acceptors (Lipinski definition) is 4. The Hall–Kier alpha value is -1.91. The summed E-state index contributed by atoms with van der Waals surface area (Å²) in [5.41, 5.74) is 1.19. The van der Waals surface area contributed by atoms with Crippen LogP contribution in [0, 0.1) is 6.92 Å². The Morgan fingerprint density at radius 3 is 3.06 bits per heavy atom. The maximum Gasteiger partial charge on any atom is 0.152 e. The predicted octanol–water partition coefficient (Wildman–Crippen LogP) is 1.61. The van der Waals surface area contributed by atoms with Crippen molar-refractivity contribution in [3.8, 4) is 0 Å². The van der Waals surface area contributed by atoms with Crippen molar-refractivity contribution in [1.82, 2.24) is 19.7 Å². The number of aromatic nitrogens is 4. The molecule has 0 amide bonds. The first-order valence-electron chi connectivity index (χ1n) is 5.33. The molecule has 2 rings (SSSR count). The molecule has 84 valence electrons. The molecule has 0 saturated heterocycles. The van der Waals surface area contributed by atoms with Crippen LogP contribution < -0.4 is 5.32 Å². The van der Waals surface area contributed by atoms with Crippen molar-refractivity contribution in [1.29, 1.82) is 0 Å². The van der Waals surface area contributed by atoms with Crippen LogP contribution in [0.25, 0.3) is 0 Å². The molecule has 0 aliphatic heterocycles. The Labute approximate surface area is 94.5 Å². The van der Waals surface area contributed by atoms with E-state index in [0.29, 0.717) is 6.54 Å². The molecule has 2 aromatic heterocycles. The molecule has 0 aromatic carbocycles. The van der Waals surface area contributed by atoms with Crippen molar-refractivity contribution in [2.45, 2.75) is 26.9 Å². The van der Waals surface area contributed by atoms with Gasteiger partial charge in [-0.1, -0.05) is 0 Å². The summed E-state index contributed by atoms with van der Waals surface area (Å²) in [4.78, 5) is 4.23. The third-order valence-electron chi connectivity index (χ3n) is 2.38. The average Bonchev–Trinajstić information content (AvgIpc) is 2.74. The predicted molar refractivity (Wildman–Crippen MR) is 62.0 cm³/mol. The van der Waals surface area contributed by atoms with Gasteiger partial charge >= 0.3 is 0 Å². The number of hydrogen-bond donors (Lipinski definition) is 1. The van der Waals surface area contributed by atoms with Gasteiger partial charge < -0.3 is 9.88 Å². The number of pyridine rings is 1. The van der Waals surface area contributed by atoms with E-state index in [4.69, 9.17) is 0 Å². The van der Waals surface area contributed by atoms with Crippen LogP contribution in [-0.2, 0) is 13.1 Å². The largest absolute Gasteiger partial charge is 0.363 e. The van der Waals surface area contributed by atoms with Crippen molar-refractivity contribution >= 4 is 5.82 Å². The SMILES string of the molecule is CCn1cnnc1CNc1cc(C)ccn1.